The molecule has 200 valence electrons. The smallest absolute Gasteiger partial charge is 0.303 e. The monoisotopic (exact) mass is 520 g/mol. The standard InChI is InChI=1S/C23H28N4O10/c1-12(28)33-11-18-20(34-13(2)29)21(35-14(3)30)22(36-15(4)31)23(37-18)27-25-19(24-26-27)10-16-6-8-17(32-5)9-7-16/h6-9,18,20-23H,10-11H2,1-5H3. The van der Waals surface area contributed by atoms with E-state index in [2.05, 4.69) is 15.4 Å². The molecule has 2 aromatic rings. The summed E-state index contributed by atoms with van der Waals surface area (Å²) < 4.78 is 32.4. The SMILES string of the molecule is COc1ccc(Cc2nnn(C3OC(COC(C)=O)C(OC(C)=O)C(OC(C)=O)C3OC(C)=O)n2)cc1. The van der Waals surface area contributed by atoms with Gasteiger partial charge in [0.05, 0.1) is 7.11 Å². The van der Waals surface area contributed by atoms with Crippen molar-refractivity contribution < 1.29 is 47.6 Å². The Morgan fingerprint density at radius 2 is 1.46 bits per heavy atom. The average molecular weight is 520 g/mol. The van der Waals surface area contributed by atoms with Crippen molar-refractivity contribution in [1.82, 2.24) is 20.2 Å². The number of rotatable bonds is 9. The van der Waals surface area contributed by atoms with Gasteiger partial charge in [-0.2, -0.15) is 0 Å². The molecule has 1 aliphatic heterocycles. The molecular weight excluding hydrogens is 492 g/mol. The Morgan fingerprint density at radius 3 is 2.03 bits per heavy atom. The number of carbonyl (C=O) groups excluding carboxylic acids is 4. The molecule has 1 saturated heterocycles. The number of benzene rings is 1. The minimum Gasteiger partial charge on any atom is -0.497 e. The van der Waals surface area contributed by atoms with Gasteiger partial charge in [-0.15, -0.1) is 15.0 Å². The van der Waals surface area contributed by atoms with Gasteiger partial charge in [0.2, 0.25) is 6.23 Å². The fourth-order valence-corrected chi connectivity index (χ4v) is 3.75. The first-order valence-corrected chi connectivity index (χ1v) is 11.3. The summed E-state index contributed by atoms with van der Waals surface area (Å²) in [5.41, 5.74) is 0.877. The van der Waals surface area contributed by atoms with Crippen LogP contribution in [0.25, 0.3) is 0 Å². The van der Waals surface area contributed by atoms with Crippen LogP contribution in [-0.4, -0.2) is 82.2 Å². The molecule has 1 aromatic heterocycles. The van der Waals surface area contributed by atoms with Gasteiger partial charge < -0.3 is 28.4 Å². The lowest BCUT2D eigenvalue weighted by Gasteiger charge is -2.43. The Labute approximate surface area is 212 Å². The van der Waals surface area contributed by atoms with Gasteiger partial charge in [-0.3, -0.25) is 19.2 Å². The van der Waals surface area contributed by atoms with Crippen molar-refractivity contribution in [2.24, 2.45) is 0 Å². The van der Waals surface area contributed by atoms with E-state index >= 15 is 0 Å². The minimum absolute atomic E-state index is 0.315. The summed E-state index contributed by atoms with van der Waals surface area (Å²) in [4.78, 5) is 48.3. The Morgan fingerprint density at radius 1 is 0.865 bits per heavy atom. The zero-order valence-corrected chi connectivity index (χ0v) is 21.0. The number of carbonyl (C=O) groups is 4. The van der Waals surface area contributed by atoms with Crippen LogP contribution in [0.2, 0.25) is 0 Å². The average Bonchev–Trinajstić information content (AvgIpc) is 3.28. The second kappa shape index (κ2) is 12.3. The first kappa shape index (κ1) is 27.5. The number of hydrogen-bond donors (Lipinski definition) is 0. The number of aromatic nitrogens is 4. The third-order valence-corrected chi connectivity index (χ3v) is 5.18. The summed E-state index contributed by atoms with van der Waals surface area (Å²) in [5, 5.41) is 12.4. The van der Waals surface area contributed by atoms with Crippen LogP contribution in [0, 0.1) is 0 Å². The van der Waals surface area contributed by atoms with Gasteiger partial charge in [0.1, 0.15) is 18.5 Å². The number of nitrogens with zero attached hydrogens (tertiary/aromatic N) is 4. The third-order valence-electron chi connectivity index (χ3n) is 5.18. The maximum absolute atomic E-state index is 12.0. The van der Waals surface area contributed by atoms with Gasteiger partial charge in [0.25, 0.3) is 0 Å². The molecule has 5 atom stereocenters. The summed E-state index contributed by atoms with van der Waals surface area (Å²) in [7, 11) is 1.57. The van der Waals surface area contributed by atoms with Crippen LogP contribution in [-0.2, 0) is 49.3 Å². The van der Waals surface area contributed by atoms with Crippen molar-refractivity contribution >= 4 is 23.9 Å². The second-order valence-corrected chi connectivity index (χ2v) is 8.14. The molecule has 37 heavy (non-hydrogen) atoms. The fraction of sp³-hybridized carbons (Fsp3) is 0.522. The van der Waals surface area contributed by atoms with Crippen LogP contribution in [0.5, 0.6) is 5.75 Å². The van der Waals surface area contributed by atoms with E-state index in [-0.39, 0.29) is 6.61 Å². The molecule has 0 N–H and O–H groups in total. The number of hydrogen-bond acceptors (Lipinski definition) is 13. The summed E-state index contributed by atoms with van der Waals surface area (Å²) in [6.07, 6.45) is -6.01. The number of esters is 4. The molecule has 14 heteroatoms. The highest BCUT2D eigenvalue weighted by Crippen LogP contribution is 2.34. The van der Waals surface area contributed by atoms with E-state index in [0.29, 0.717) is 18.0 Å². The van der Waals surface area contributed by atoms with Gasteiger partial charge in [-0.1, -0.05) is 12.1 Å². The van der Waals surface area contributed by atoms with E-state index in [4.69, 9.17) is 28.4 Å². The Kier molecular flexibility index (Phi) is 9.11. The molecule has 0 saturated carbocycles. The molecule has 0 spiro atoms. The van der Waals surface area contributed by atoms with Crippen LogP contribution in [0.1, 0.15) is 45.3 Å². The molecule has 1 aliphatic rings. The maximum Gasteiger partial charge on any atom is 0.303 e. The van der Waals surface area contributed by atoms with Crippen molar-refractivity contribution in [2.45, 2.75) is 64.8 Å². The Balaban J connectivity index is 1.96. The van der Waals surface area contributed by atoms with E-state index in [9.17, 15) is 19.2 Å². The first-order chi connectivity index (χ1) is 17.6. The quantitative estimate of drug-likeness (QED) is 0.332. The minimum atomic E-state index is -1.33. The first-order valence-electron chi connectivity index (χ1n) is 11.3. The zero-order valence-electron chi connectivity index (χ0n) is 21.0. The molecule has 0 bridgehead atoms. The topological polar surface area (TPSA) is 167 Å². The number of ether oxygens (including phenoxy) is 6. The summed E-state index contributed by atoms with van der Waals surface area (Å²) in [6.45, 7) is 4.27. The number of tetrazole rings is 1. The van der Waals surface area contributed by atoms with Crippen LogP contribution in [0.15, 0.2) is 24.3 Å². The van der Waals surface area contributed by atoms with Crippen LogP contribution in [0.3, 0.4) is 0 Å². The van der Waals surface area contributed by atoms with E-state index in [1.165, 1.54) is 6.92 Å². The summed E-state index contributed by atoms with van der Waals surface area (Å²) in [5.74, 6) is -1.80. The van der Waals surface area contributed by atoms with Crippen LogP contribution < -0.4 is 4.74 Å². The molecule has 3 rings (SSSR count). The van der Waals surface area contributed by atoms with E-state index in [1.54, 1.807) is 19.2 Å². The van der Waals surface area contributed by atoms with E-state index in [1.807, 2.05) is 12.1 Å². The fourth-order valence-electron chi connectivity index (χ4n) is 3.75. The lowest BCUT2D eigenvalue weighted by atomic mass is 9.97. The van der Waals surface area contributed by atoms with Crippen molar-refractivity contribution in [3.05, 3.63) is 35.7 Å². The summed E-state index contributed by atoms with van der Waals surface area (Å²) in [6, 6.07) is 7.26. The Hall–Kier alpha value is -4.07. The van der Waals surface area contributed by atoms with Crippen molar-refractivity contribution in [3.8, 4) is 5.75 Å². The van der Waals surface area contributed by atoms with E-state index in [0.717, 1.165) is 31.1 Å². The molecule has 0 radical (unpaired) electrons. The van der Waals surface area contributed by atoms with Gasteiger partial charge in [-0.05, 0) is 22.9 Å². The number of methoxy groups -OCH3 is 1. The molecule has 0 amide bonds. The van der Waals surface area contributed by atoms with Crippen molar-refractivity contribution in [1.29, 1.82) is 0 Å². The molecule has 14 nitrogen and oxygen atoms in total. The van der Waals surface area contributed by atoms with Crippen molar-refractivity contribution in [3.63, 3.8) is 0 Å². The van der Waals surface area contributed by atoms with E-state index < -0.39 is 54.5 Å². The van der Waals surface area contributed by atoms with Crippen molar-refractivity contribution in [2.75, 3.05) is 13.7 Å². The molecule has 2 heterocycles. The van der Waals surface area contributed by atoms with Crippen LogP contribution in [0.4, 0.5) is 0 Å². The molecule has 1 aromatic carbocycles. The van der Waals surface area contributed by atoms with Gasteiger partial charge in [0.15, 0.2) is 24.1 Å². The molecular formula is C23H28N4O10. The maximum atomic E-state index is 12.0. The second-order valence-electron chi connectivity index (χ2n) is 8.14. The lowest BCUT2D eigenvalue weighted by Crippen LogP contribution is -2.60. The molecule has 0 aliphatic carbocycles. The molecule has 1 fully saturated rings. The molecule has 5 unspecified atom stereocenters. The Bertz CT molecular complexity index is 1120. The predicted octanol–water partition coefficient (Wildman–Crippen LogP) is 0.528. The lowest BCUT2D eigenvalue weighted by molar-refractivity contribution is -0.272. The third kappa shape index (κ3) is 7.46. The van der Waals surface area contributed by atoms with Crippen LogP contribution >= 0.6 is 0 Å². The highest BCUT2D eigenvalue weighted by atomic mass is 16.7. The highest BCUT2D eigenvalue weighted by molar-refractivity contribution is 5.68. The van der Waals surface area contributed by atoms with Gasteiger partial charge in [0, 0.05) is 34.1 Å². The largest absolute Gasteiger partial charge is 0.497 e. The van der Waals surface area contributed by atoms with Gasteiger partial charge >= 0.3 is 23.9 Å². The highest BCUT2D eigenvalue weighted by Gasteiger charge is 2.53. The predicted molar refractivity (Wildman–Crippen MR) is 121 cm³/mol. The normalized spacial score (nSPS) is 23.0. The van der Waals surface area contributed by atoms with Gasteiger partial charge in [-0.25, -0.2) is 0 Å². The zero-order chi connectivity index (χ0) is 27.1. The summed E-state index contributed by atoms with van der Waals surface area (Å²) >= 11 is 0.